The second-order valence-corrected chi connectivity index (χ2v) is 7.34. The maximum absolute atomic E-state index is 12.1. The van der Waals surface area contributed by atoms with Crippen molar-refractivity contribution in [3.63, 3.8) is 0 Å². The van der Waals surface area contributed by atoms with E-state index in [9.17, 15) is 4.79 Å². The fraction of sp³-hybridized carbons (Fsp3) is 0.524. The van der Waals surface area contributed by atoms with E-state index in [1.807, 2.05) is 26.8 Å². The topological polar surface area (TPSA) is 56.7 Å². The Hall–Kier alpha value is -1.57. The van der Waals surface area contributed by atoms with Crippen LogP contribution in [0.2, 0.25) is 0 Å². The molecule has 1 aliphatic rings. The number of guanidine groups is 1. The van der Waals surface area contributed by atoms with Gasteiger partial charge in [0.1, 0.15) is 0 Å². The number of piperidine rings is 1. The fourth-order valence-corrected chi connectivity index (χ4v) is 3.05. The molecule has 6 heteroatoms. The van der Waals surface area contributed by atoms with Crippen molar-refractivity contribution in [2.45, 2.75) is 33.6 Å². The van der Waals surface area contributed by atoms with E-state index < -0.39 is 5.41 Å². The molecule has 0 aliphatic carbocycles. The van der Waals surface area contributed by atoms with Crippen LogP contribution >= 0.6 is 24.0 Å². The third-order valence-electron chi connectivity index (χ3n) is 4.73. The van der Waals surface area contributed by atoms with Crippen LogP contribution < -0.4 is 10.6 Å². The first-order chi connectivity index (χ1) is 12.5. The van der Waals surface area contributed by atoms with Crippen molar-refractivity contribution < 1.29 is 4.79 Å². The second kappa shape index (κ2) is 11.3. The minimum atomic E-state index is -0.472. The van der Waals surface area contributed by atoms with Crippen LogP contribution in [0, 0.1) is 5.41 Å². The van der Waals surface area contributed by atoms with Crippen molar-refractivity contribution in [1.29, 1.82) is 0 Å². The lowest BCUT2D eigenvalue weighted by Crippen LogP contribution is -2.50. The van der Waals surface area contributed by atoms with Crippen LogP contribution in [0.3, 0.4) is 0 Å². The molecule has 2 N–H and O–H groups in total. The normalized spacial score (nSPS) is 15.0. The number of halogens is 1. The van der Waals surface area contributed by atoms with Gasteiger partial charge in [-0.05, 0) is 39.2 Å². The van der Waals surface area contributed by atoms with Gasteiger partial charge in [0.25, 0.3) is 0 Å². The number of benzene rings is 1. The number of carbonyl (C=O) groups excluding carboxylic acids is 1. The van der Waals surface area contributed by atoms with Gasteiger partial charge in [0.2, 0.25) is 5.91 Å². The fourth-order valence-electron chi connectivity index (χ4n) is 3.05. The molecule has 0 bridgehead atoms. The number of amides is 1. The zero-order chi connectivity index (χ0) is 19.0. The molecule has 0 radical (unpaired) electrons. The molecule has 0 unspecified atom stereocenters. The van der Waals surface area contributed by atoms with E-state index in [0.29, 0.717) is 13.1 Å². The summed E-state index contributed by atoms with van der Waals surface area (Å²) in [7, 11) is 1.80. The molecule has 5 nitrogen and oxygen atoms in total. The van der Waals surface area contributed by atoms with Crippen molar-refractivity contribution in [1.82, 2.24) is 15.5 Å². The monoisotopic (exact) mass is 484 g/mol. The molecule has 150 valence electrons. The smallest absolute Gasteiger partial charge is 0.227 e. The number of hydrogen-bond acceptors (Lipinski definition) is 2. The largest absolute Gasteiger partial charge is 0.356 e. The summed E-state index contributed by atoms with van der Waals surface area (Å²) in [6.45, 7) is 8.95. The summed E-state index contributed by atoms with van der Waals surface area (Å²) in [5.74, 6) is 0.941. The van der Waals surface area contributed by atoms with E-state index in [1.54, 1.807) is 7.05 Å². The number of rotatable bonds is 5. The SMILES string of the molecule is CCNC(=O)C(C)(C)CNC(=NC)N1CCC(=Cc2ccccc2)CC1.I. The van der Waals surface area contributed by atoms with Gasteiger partial charge in [-0.1, -0.05) is 42.0 Å². The molecular weight excluding hydrogens is 451 g/mol. The van der Waals surface area contributed by atoms with E-state index >= 15 is 0 Å². The highest BCUT2D eigenvalue weighted by atomic mass is 127. The van der Waals surface area contributed by atoms with Crippen molar-refractivity contribution in [3.8, 4) is 0 Å². The van der Waals surface area contributed by atoms with Gasteiger partial charge in [0.05, 0.1) is 5.41 Å². The molecule has 0 saturated carbocycles. The van der Waals surface area contributed by atoms with E-state index in [4.69, 9.17) is 0 Å². The Morgan fingerprint density at radius 1 is 1.19 bits per heavy atom. The van der Waals surface area contributed by atoms with Crippen LogP contribution in [-0.2, 0) is 4.79 Å². The number of nitrogens with one attached hydrogen (secondary N) is 2. The molecule has 0 spiro atoms. The first-order valence-corrected chi connectivity index (χ1v) is 9.44. The summed E-state index contributed by atoms with van der Waals surface area (Å²) in [6.07, 6.45) is 4.37. The number of nitrogens with zero attached hydrogens (tertiary/aromatic N) is 2. The molecule has 1 aromatic carbocycles. The molecule has 1 fully saturated rings. The Bertz CT molecular complexity index is 645. The molecule has 27 heavy (non-hydrogen) atoms. The summed E-state index contributed by atoms with van der Waals surface area (Å²) in [6, 6.07) is 10.5. The highest BCUT2D eigenvalue weighted by Gasteiger charge is 2.28. The Labute approximate surface area is 180 Å². The van der Waals surface area contributed by atoms with Crippen molar-refractivity contribution in [2.24, 2.45) is 10.4 Å². The lowest BCUT2D eigenvalue weighted by Gasteiger charge is -2.33. The first kappa shape index (κ1) is 23.5. The predicted molar refractivity (Wildman–Crippen MR) is 124 cm³/mol. The van der Waals surface area contributed by atoms with Gasteiger partial charge in [0, 0.05) is 33.2 Å². The quantitative estimate of drug-likeness (QED) is 0.382. The molecule has 2 rings (SSSR count). The van der Waals surface area contributed by atoms with Crippen molar-refractivity contribution in [2.75, 3.05) is 33.2 Å². The maximum Gasteiger partial charge on any atom is 0.227 e. The minimum Gasteiger partial charge on any atom is -0.356 e. The van der Waals surface area contributed by atoms with Gasteiger partial charge >= 0.3 is 0 Å². The van der Waals surface area contributed by atoms with Gasteiger partial charge in [0.15, 0.2) is 5.96 Å². The second-order valence-electron chi connectivity index (χ2n) is 7.34. The lowest BCUT2D eigenvalue weighted by atomic mass is 9.92. The van der Waals surface area contributed by atoms with Crippen LogP contribution in [-0.4, -0.2) is 50.0 Å². The Morgan fingerprint density at radius 2 is 1.81 bits per heavy atom. The standard InChI is InChI=1S/C21H32N4O.HI/c1-5-23-19(26)21(2,3)16-24-20(22-4)25-13-11-18(12-14-25)15-17-9-7-6-8-10-17;/h6-10,15H,5,11-14,16H2,1-4H3,(H,22,24)(H,23,26);1H. The Balaban J connectivity index is 0.00000364. The van der Waals surface area contributed by atoms with Gasteiger partial charge in [-0.25, -0.2) is 0 Å². The number of likely N-dealkylation sites (tertiary alicyclic amines) is 1. The highest BCUT2D eigenvalue weighted by Crippen LogP contribution is 2.20. The van der Waals surface area contributed by atoms with Crippen LogP contribution in [0.5, 0.6) is 0 Å². The van der Waals surface area contributed by atoms with Crippen LogP contribution in [0.15, 0.2) is 40.9 Å². The predicted octanol–water partition coefficient (Wildman–Crippen LogP) is 3.52. The zero-order valence-electron chi connectivity index (χ0n) is 16.9. The van der Waals surface area contributed by atoms with E-state index in [1.165, 1.54) is 11.1 Å². The van der Waals surface area contributed by atoms with Crippen LogP contribution in [0.25, 0.3) is 6.08 Å². The summed E-state index contributed by atoms with van der Waals surface area (Å²) >= 11 is 0. The summed E-state index contributed by atoms with van der Waals surface area (Å²) in [5.41, 5.74) is 2.27. The first-order valence-electron chi connectivity index (χ1n) is 9.44. The number of carbonyl (C=O) groups is 1. The molecule has 1 saturated heterocycles. The molecule has 1 amide bonds. The Morgan fingerprint density at radius 3 is 2.37 bits per heavy atom. The minimum absolute atomic E-state index is 0. The number of hydrogen-bond donors (Lipinski definition) is 2. The maximum atomic E-state index is 12.1. The lowest BCUT2D eigenvalue weighted by molar-refractivity contribution is -0.128. The summed E-state index contributed by atoms with van der Waals surface area (Å²) < 4.78 is 0. The van der Waals surface area contributed by atoms with E-state index in [0.717, 1.165) is 31.9 Å². The molecule has 0 atom stereocenters. The molecule has 1 aromatic rings. The van der Waals surface area contributed by atoms with Crippen molar-refractivity contribution >= 4 is 41.9 Å². The van der Waals surface area contributed by atoms with E-state index in [2.05, 4.69) is 50.9 Å². The van der Waals surface area contributed by atoms with Gasteiger partial charge in [-0.3, -0.25) is 9.79 Å². The molecular formula is C21H33IN4O. The van der Waals surface area contributed by atoms with Gasteiger partial charge in [-0.15, -0.1) is 24.0 Å². The summed E-state index contributed by atoms with van der Waals surface area (Å²) in [5, 5.41) is 6.28. The highest BCUT2D eigenvalue weighted by molar-refractivity contribution is 14.0. The van der Waals surface area contributed by atoms with E-state index in [-0.39, 0.29) is 29.9 Å². The summed E-state index contributed by atoms with van der Waals surface area (Å²) in [4.78, 5) is 18.8. The molecule has 1 aliphatic heterocycles. The molecule has 0 aromatic heterocycles. The van der Waals surface area contributed by atoms with Crippen molar-refractivity contribution in [3.05, 3.63) is 41.5 Å². The molecule has 1 heterocycles. The van der Waals surface area contributed by atoms with Gasteiger partial charge < -0.3 is 15.5 Å². The third kappa shape index (κ3) is 7.16. The number of aliphatic imine (C=N–C) groups is 1. The van der Waals surface area contributed by atoms with Crippen LogP contribution in [0.4, 0.5) is 0 Å². The zero-order valence-corrected chi connectivity index (χ0v) is 19.2. The van der Waals surface area contributed by atoms with Crippen LogP contribution in [0.1, 0.15) is 39.2 Å². The average molecular weight is 484 g/mol. The average Bonchev–Trinajstić information content (AvgIpc) is 2.64. The van der Waals surface area contributed by atoms with Gasteiger partial charge in [-0.2, -0.15) is 0 Å². The third-order valence-corrected chi connectivity index (χ3v) is 4.73. The Kier molecular flexibility index (Phi) is 9.83.